The Balaban J connectivity index is 1.99. The number of hydrogen-bond donors (Lipinski definition) is 1. The molecule has 3 nitrogen and oxygen atoms in total. The molecule has 0 unspecified atom stereocenters. The summed E-state index contributed by atoms with van der Waals surface area (Å²) in [7, 11) is -3.35. The molecule has 0 atom stereocenters. The van der Waals surface area contributed by atoms with Crippen LogP contribution in [0.15, 0.2) is 29.2 Å². The molecule has 1 aliphatic rings. The highest BCUT2D eigenvalue weighted by atomic mass is 32.2. The lowest BCUT2D eigenvalue weighted by atomic mass is 10.4. The molecule has 0 spiro atoms. The molecule has 2 rings (SSSR count). The van der Waals surface area contributed by atoms with Gasteiger partial charge >= 0.3 is 0 Å². The maximum Gasteiger partial charge on any atom is 0.179 e. The van der Waals surface area contributed by atoms with Crippen LogP contribution in [0.1, 0.15) is 12.8 Å². The molecule has 0 radical (unpaired) electrons. The van der Waals surface area contributed by atoms with E-state index < -0.39 is 15.7 Å². The van der Waals surface area contributed by atoms with Crippen LogP contribution in [0.25, 0.3) is 0 Å². The molecule has 0 aromatic heterocycles. The fourth-order valence-corrected chi connectivity index (χ4v) is 2.66. The number of sulfone groups is 1. The van der Waals surface area contributed by atoms with Crippen LogP contribution in [0, 0.1) is 5.82 Å². The summed E-state index contributed by atoms with van der Waals surface area (Å²) in [4.78, 5) is 0.0603. The van der Waals surface area contributed by atoms with Gasteiger partial charge in [-0.2, -0.15) is 0 Å². The number of halogens is 1. The van der Waals surface area contributed by atoms with Crippen molar-refractivity contribution in [2.45, 2.75) is 23.8 Å². The lowest BCUT2D eigenvalue weighted by Gasteiger charge is -2.05. The first kappa shape index (κ1) is 11.5. The predicted octanol–water partition coefficient (Wildman–Crippen LogP) is 1.35. The van der Waals surface area contributed by atoms with Crippen LogP contribution in [0.4, 0.5) is 4.39 Å². The highest BCUT2D eigenvalue weighted by Crippen LogP contribution is 2.18. The minimum atomic E-state index is -3.35. The SMILES string of the molecule is O=S(=O)(CCNC1CC1)c1cccc(F)c1. The monoisotopic (exact) mass is 243 g/mol. The fourth-order valence-electron chi connectivity index (χ4n) is 1.46. The van der Waals surface area contributed by atoms with Gasteiger partial charge in [0.2, 0.25) is 0 Å². The molecule has 5 heteroatoms. The number of nitrogens with one attached hydrogen (secondary N) is 1. The number of rotatable bonds is 5. The molecule has 1 aromatic carbocycles. The van der Waals surface area contributed by atoms with Crippen LogP contribution in [-0.4, -0.2) is 26.8 Å². The molecule has 16 heavy (non-hydrogen) atoms. The van der Waals surface area contributed by atoms with Gasteiger partial charge in [-0.1, -0.05) is 6.07 Å². The molecule has 1 aliphatic carbocycles. The average Bonchev–Trinajstić information content (AvgIpc) is 3.01. The van der Waals surface area contributed by atoms with Gasteiger partial charge in [0.05, 0.1) is 10.6 Å². The predicted molar refractivity (Wildman–Crippen MR) is 59.5 cm³/mol. The second-order valence-electron chi connectivity index (χ2n) is 4.00. The van der Waals surface area contributed by atoms with Crippen LogP contribution in [-0.2, 0) is 9.84 Å². The van der Waals surface area contributed by atoms with Crippen LogP contribution in [0.2, 0.25) is 0 Å². The molecule has 0 aliphatic heterocycles. The quantitative estimate of drug-likeness (QED) is 0.849. The molecular formula is C11H14FNO2S. The summed E-state index contributed by atoms with van der Waals surface area (Å²) in [5.41, 5.74) is 0. The Labute approximate surface area is 94.6 Å². The van der Waals surface area contributed by atoms with Gasteiger partial charge in [0.15, 0.2) is 9.84 Å². The van der Waals surface area contributed by atoms with E-state index in [0.29, 0.717) is 12.6 Å². The van der Waals surface area contributed by atoms with Gasteiger partial charge in [0.25, 0.3) is 0 Å². The molecule has 0 bridgehead atoms. The first-order chi connectivity index (χ1) is 7.58. The third kappa shape index (κ3) is 3.02. The Kier molecular flexibility index (Phi) is 3.25. The molecule has 1 N–H and O–H groups in total. The second kappa shape index (κ2) is 4.51. The molecule has 1 saturated carbocycles. The fraction of sp³-hybridized carbons (Fsp3) is 0.455. The minimum absolute atomic E-state index is 0.0208. The van der Waals surface area contributed by atoms with Crippen molar-refractivity contribution in [1.82, 2.24) is 5.32 Å². The van der Waals surface area contributed by atoms with Crippen LogP contribution < -0.4 is 5.32 Å². The summed E-state index contributed by atoms with van der Waals surface area (Å²) in [6.45, 7) is 0.434. The lowest BCUT2D eigenvalue weighted by molar-refractivity contribution is 0.586. The van der Waals surface area contributed by atoms with Crippen molar-refractivity contribution in [3.05, 3.63) is 30.1 Å². The molecule has 1 aromatic rings. The zero-order chi connectivity index (χ0) is 11.6. The van der Waals surface area contributed by atoms with E-state index in [4.69, 9.17) is 0 Å². The Hall–Kier alpha value is -0.940. The third-order valence-corrected chi connectivity index (χ3v) is 4.25. The maximum absolute atomic E-state index is 12.9. The molecular weight excluding hydrogens is 229 g/mol. The van der Waals surface area contributed by atoms with E-state index in [9.17, 15) is 12.8 Å². The van der Waals surface area contributed by atoms with Gasteiger partial charge in [-0.05, 0) is 31.0 Å². The van der Waals surface area contributed by atoms with Gasteiger partial charge in [-0.15, -0.1) is 0 Å². The van der Waals surface area contributed by atoms with E-state index in [1.807, 2.05) is 0 Å². The summed E-state index contributed by atoms with van der Waals surface area (Å²) in [5.74, 6) is -0.497. The summed E-state index contributed by atoms with van der Waals surface area (Å²) in [6, 6.07) is 5.63. The summed E-state index contributed by atoms with van der Waals surface area (Å²) in [5, 5.41) is 3.12. The smallest absolute Gasteiger partial charge is 0.179 e. The van der Waals surface area contributed by atoms with E-state index in [-0.39, 0.29) is 10.6 Å². The summed E-state index contributed by atoms with van der Waals surface area (Å²) < 4.78 is 36.4. The zero-order valence-electron chi connectivity index (χ0n) is 8.82. The molecule has 88 valence electrons. The van der Waals surface area contributed by atoms with E-state index in [0.717, 1.165) is 18.9 Å². The summed E-state index contributed by atoms with van der Waals surface area (Å²) >= 11 is 0. The number of hydrogen-bond acceptors (Lipinski definition) is 3. The van der Waals surface area contributed by atoms with E-state index in [1.165, 1.54) is 18.2 Å². The van der Waals surface area contributed by atoms with Crippen LogP contribution in [0.3, 0.4) is 0 Å². The van der Waals surface area contributed by atoms with Crippen molar-refractivity contribution < 1.29 is 12.8 Å². The van der Waals surface area contributed by atoms with Gasteiger partial charge < -0.3 is 5.32 Å². The third-order valence-electron chi connectivity index (χ3n) is 2.54. The van der Waals surface area contributed by atoms with Crippen molar-refractivity contribution in [2.75, 3.05) is 12.3 Å². The molecule has 0 saturated heterocycles. The number of benzene rings is 1. The topological polar surface area (TPSA) is 46.2 Å². The van der Waals surface area contributed by atoms with E-state index in [1.54, 1.807) is 0 Å². The Morgan fingerprint density at radius 2 is 2.12 bits per heavy atom. The van der Waals surface area contributed by atoms with Crippen molar-refractivity contribution in [2.24, 2.45) is 0 Å². The lowest BCUT2D eigenvalue weighted by Crippen LogP contribution is -2.24. The molecule has 1 fully saturated rings. The maximum atomic E-state index is 12.9. The first-order valence-corrected chi connectivity index (χ1v) is 6.95. The van der Waals surface area contributed by atoms with Crippen molar-refractivity contribution in [3.8, 4) is 0 Å². The van der Waals surface area contributed by atoms with Crippen molar-refractivity contribution in [3.63, 3.8) is 0 Å². The van der Waals surface area contributed by atoms with Gasteiger partial charge in [-0.25, -0.2) is 12.8 Å². The zero-order valence-corrected chi connectivity index (χ0v) is 9.63. The highest BCUT2D eigenvalue weighted by Gasteiger charge is 2.21. The Morgan fingerprint density at radius 1 is 1.38 bits per heavy atom. The highest BCUT2D eigenvalue weighted by molar-refractivity contribution is 7.91. The van der Waals surface area contributed by atoms with Crippen molar-refractivity contribution >= 4 is 9.84 Å². The van der Waals surface area contributed by atoms with Gasteiger partial charge in [0, 0.05) is 12.6 Å². The van der Waals surface area contributed by atoms with Gasteiger partial charge in [0.1, 0.15) is 5.82 Å². The standard InChI is InChI=1S/C11H14FNO2S/c12-9-2-1-3-11(8-9)16(14,15)7-6-13-10-4-5-10/h1-3,8,10,13H,4-7H2. The Bertz CT molecular complexity index is 469. The van der Waals surface area contributed by atoms with Gasteiger partial charge in [-0.3, -0.25) is 0 Å². The largest absolute Gasteiger partial charge is 0.313 e. The second-order valence-corrected chi connectivity index (χ2v) is 6.11. The normalized spacial score (nSPS) is 16.3. The van der Waals surface area contributed by atoms with E-state index in [2.05, 4.69) is 5.32 Å². The Morgan fingerprint density at radius 3 is 2.75 bits per heavy atom. The van der Waals surface area contributed by atoms with Crippen molar-refractivity contribution in [1.29, 1.82) is 0 Å². The van der Waals surface area contributed by atoms with Crippen LogP contribution in [0.5, 0.6) is 0 Å². The molecule has 0 amide bonds. The first-order valence-electron chi connectivity index (χ1n) is 5.30. The van der Waals surface area contributed by atoms with Crippen LogP contribution >= 0.6 is 0 Å². The minimum Gasteiger partial charge on any atom is -0.313 e. The average molecular weight is 243 g/mol. The summed E-state index contributed by atoms with van der Waals surface area (Å²) in [6.07, 6.45) is 2.25. The molecule has 0 heterocycles. The van der Waals surface area contributed by atoms with E-state index >= 15 is 0 Å².